The molecule has 102 valence electrons. The first-order chi connectivity index (χ1) is 9.15. The Balaban J connectivity index is 1.81. The van der Waals surface area contributed by atoms with Crippen LogP contribution in [-0.4, -0.2) is 30.0 Å². The summed E-state index contributed by atoms with van der Waals surface area (Å²) < 4.78 is 5.49. The molecule has 1 aliphatic heterocycles. The lowest BCUT2D eigenvalue weighted by molar-refractivity contribution is 0.0722. The first kappa shape index (κ1) is 12.5. The number of amides is 1. The Hall–Kier alpha value is -1.51. The number of hydrogen-bond donors (Lipinski definition) is 0. The van der Waals surface area contributed by atoms with Crippen molar-refractivity contribution in [3.8, 4) is 5.75 Å². The Morgan fingerprint density at radius 1 is 1.42 bits per heavy atom. The van der Waals surface area contributed by atoms with Crippen molar-refractivity contribution < 1.29 is 9.53 Å². The molecular formula is C16H21NO2. The van der Waals surface area contributed by atoms with Gasteiger partial charge in [-0.25, -0.2) is 0 Å². The van der Waals surface area contributed by atoms with Crippen molar-refractivity contribution in [2.45, 2.75) is 39.2 Å². The summed E-state index contributed by atoms with van der Waals surface area (Å²) in [6.45, 7) is 5.93. The molecule has 1 amide bonds. The molecule has 0 N–H and O–H groups in total. The summed E-state index contributed by atoms with van der Waals surface area (Å²) >= 11 is 0. The smallest absolute Gasteiger partial charge is 0.254 e. The number of hydrogen-bond acceptors (Lipinski definition) is 2. The maximum atomic E-state index is 12.6. The van der Waals surface area contributed by atoms with Crippen LogP contribution in [0.3, 0.4) is 0 Å². The molecule has 1 heterocycles. The minimum Gasteiger partial charge on any atom is -0.493 e. The SMILES string of the molecule is CC(C)CN(C(=O)c1ccc2c(c1)CCO2)C1CC1. The molecule has 1 saturated carbocycles. The highest BCUT2D eigenvalue weighted by atomic mass is 16.5. The van der Waals surface area contributed by atoms with Gasteiger partial charge in [0.25, 0.3) is 5.91 Å². The highest BCUT2D eigenvalue weighted by Gasteiger charge is 2.33. The lowest BCUT2D eigenvalue weighted by Crippen LogP contribution is -2.36. The first-order valence-corrected chi connectivity index (χ1v) is 7.22. The van der Waals surface area contributed by atoms with Crippen LogP contribution in [0.5, 0.6) is 5.75 Å². The third kappa shape index (κ3) is 2.60. The monoisotopic (exact) mass is 259 g/mol. The van der Waals surface area contributed by atoms with Gasteiger partial charge in [0.05, 0.1) is 6.61 Å². The predicted octanol–water partition coefficient (Wildman–Crippen LogP) is 2.88. The number of benzene rings is 1. The number of rotatable bonds is 4. The molecule has 0 radical (unpaired) electrons. The molecule has 1 fully saturated rings. The molecule has 3 nitrogen and oxygen atoms in total. The van der Waals surface area contributed by atoms with E-state index in [0.29, 0.717) is 12.0 Å². The fraction of sp³-hybridized carbons (Fsp3) is 0.562. The predicted molar refractivity (Wildman–Crippen MR) is 74.5 cm³/mol. The normalized spacial score (nSPS) is 17.2. The fourth-order valence-corrected chi connectivity index (χ4v) is 2.66. The molecule has 3 rings (SSSR count). The van der Waals surface area contributed by atoms with Gasteiger partial charge in [-0.15, -0.1) is 0 Å². The highest BCUT2D eigenvalue weighted by molar-refractivity contribution is 5.95. The van der Waals surface area contributed by atoms with Crippen molar-refractivity contribution in [1.82, 2.24) is 4.90 Å². The zero-order valence-electron chi connectivity index (χ0n) is 11.7. The maximum Gasteiger partial charge on any atom is 0.254 e. The van der Waals surface area contributed by atoms with Crippen LogP contribution in [0.2, 0.25) is 0 Å². The minimum atomic E-state index is 0.186. The van der Waals surface area contributed by atoms with E-state index in [1.807, 2.05) is 18.2 Å². The van der Waals surface area contributed by atoms with Crippen LogP contribution < -0.4 is 4.74 Å². The molecule has 2 aliphatic rings. The van der Waals surface area contributed by atoms with E-state index in [-0.39, 0.29) is 5.91 Å². The largest absolute Gasteiger partial charge is 0.493 e. The van der Waals surface area contributed by atoms with Gasteiger partial charge in [0.2, 0.25) is 0 Å². The Morgan fingerprint density at radius 2 is 2.21 bits per heavy atom. The molecular weight excluding hydrogens is 238 g/mol. The molecule has 1 aliphatic carbocycles. The van der Waals surface area contributed by atoms with Gasteiger partial charge in [-0.3, -0.25) is 4.79 Å². The molecule has 3 heteroatoms. The van der Waals surface area contributed by atoms with Crippen molar-refractivity contribution in [3.63, 3.8) is 0 Å². The third-order valence-electron chi connectivity index (χ3n) is 3.75. The molecule has 19 heavy (non-hydrogen) atoms. The van der Waals surface area contributed by atoms with Crippen molar-refractivity contribution in [1.29, 1.82) is 0 Å². The molecule has 0 atom stereocenters. The van der Waals surface area contributed by atoms with Gasteiger partial charge >= 0.3 is 0 Å². The van der Waals surface area contributed by atoms with E-state index in [0.717, 1.165) is 43.7 Å². The molecule has 0 aromatic heterocycles. The van der Waals surface area contributed by atoms with Crippen LogP contribution in [-0.2, 0) is 6.42 Å². The van der Waals surface area contributed by atoms with Crippen LogP contribution in [0.15, 0.2) is 18.2 Å². The van der Waals surface area contributed by atoms with E-state index in [4.69, 9.17) is 4.74 Å². The second kappa shape index (κ2) is 4.87. The average molecular weight is 259 g/mol. The summed E-state index contributed by atoms with van der Waals surface area (Å²) in [6, 6.07) is 6.33. The van der Waals surface area contributed by atoms with Gasteiger partial charge in [0.1, 0.15) is 5.75 Å². The summed E-state index contributed by atoms with van der Waals surface area (Å²) in [5.74, 6) is 1.64. The van der Waals surface area contributed by atoms with Gasteiger partial charge < -0.3 is 9.64 Å². The average Bonchev–Trinajstić information content (AvgIpc) is 3.12. The van der Waals surface area contributed by atoms with Crippen LogP contribution >= 0.6 is 0 Å². The minimum absolute atomic E-state index is 0.186. The second-order valence-corrected chi connectivity index (χ2v) is 6.00. The third-order valence-corrected chi connectivity index (χ3v) is 3.75. The van der Waals surface area contributed by atoms with Crippen molar-refractivity contribution >= 4 is 5.91 Å². The van der Waals surface area contributed by atoms with E-state index in [2.05, 4.69) is 18.7 Å². The highest BCUT2D eigenvalue weighted by Crippen LogP contribution is 2.31. The molecule has 0 bridgehead atoms. The van der Waals surface area contributed by atoms with Gasteiger partial charge in [-0.2, -0.15) is 0 Å². The van der Waals surface area contributed by atoms with E-state index < -0.39 is 0 Å². The fourth-order valence-electron chi connectivity index (χ4n) is 2.66. The van der Waals surface area contributed by atoms with Crippen LogP contribution in [0.25, 0.3) is 0 Å². The number of carbonyl (C=O) groups is 1. The second-order valence-electron chi connectivity index (χ2n) is 6.00. The number of nitrogens with zero attached hydrogens (tertiary/aromatic N) is 1. The lowest BCUT2D eigenvalue weighted by atomic mass is 10.1. The van der Waals surface area contributed by atoms with Crippen LogP contribution in [0.1, 0.15) is 42.6 Å². The first-order valence-electron chi connectivity index (χ1n) is 7.22. The van der Waals surface area contributed by atoms with Crippen molar-refractivity contribution in [2.24, 2.45) is 5.92 Å². The molecule has 1 aromatic carbocycles. The molecule has 0 unspecified atom stereocenters. The zero-order valence-corrected chi connectivity index (χ0v) is 11.7. The molecule has 1 aromatic rings. The summed E-state index contributed by atoms with van der Waals surface area (Å²) in [5, 5.41) is 0. The quantitative estimate of drug-likeness (QED) is 0.832. The van der Waals surface area contributed by atoms with Crippen LogP contribution in [0.4, 0.5) is 0 Å². The number of ether oxygens (including phenoxy) is 1. The van der Waals surface area contributed by atoms with E-state index in [1.54, 1.807) is 0 Å². The van der Waals surface area contributed by atoms with E-state index in [9.17, 15) is 4.79 Å². The Labute approximate surface area is 114 Å². The zero-order chi connectivity index (χ0) is 13.4. The lowest BCUT2D eigenvalue weighted by Gasteiger charge is -2.24. The Kier molecular flexibility index (Phi) is 3.21. The summed E-state index contributed by atoms with van der Waals surface area (Å²) in [7, 11) is 0. The molecule has 0 spiro atoms. The van der Waals surface area contributed by atoms with Crippen molar-refractivity contribution in [3.05, 3.63) is 29.3 Å². The van der Waals surface area contributed by atoms with Gasteiger partial charge in [0.15, 0.2) is 0 Å². The summed E-state index contributed by atoms with van der Waals surface area (Å²) in [4.78, 5) is 14.7. The molecule has 0 saturated heterocycles. The van der Waals surface area contributed by atoms with E-state index >= 15 is 0 Å². The number of carbonyl (C=O) groups excluding carboxylic acids is 1. The Bertz CT molecular complexity index is 492. The number of fused-ring (bicyclic) bond motifs is 1. The topological polar surface area (TPSA) is 29.5 Å². The maximum absolute atomic E-state index is 12.6. The summed E-state index contributed by atoms with van der Waals surface area (Å²) in [6.07, 6.45) is 3.24. The van der Waals surface area contributed by atoms with Gasteiger partial charge in [-0.05, 0) is 42.5 Å². The Morgan fingerprint density at radius 3 is 2.89 bits per heavy atom. The van der Waals surface area contributed by atoms with Crippen LogP contribution in [0, 0.1) is 5.92 Å². The summed E-state index contributed by atoms with van der Waals surface area (Å²) in [5.41, 5.74) is 1.99. The van der Waals surface area contributed by atoms with Gasteiger partial charge in [0, 0.05) is 24.6 Å². The standard InChI is InChI=1S/C16H21NO2/c1-11(2)10-17(14-4-5-14)16(18)13-3-6-15-12(9-13)7-8-19-15/h3,6,9,11,14H,4-5,7-8,10H2,1-2H3. The van der Waals surface area contributed by atoms with Crippen molar-refractivity contribution in [2.75, 3.05) is 13.2 Å². The van der Waals surface area contributed by atoms with Gasteiger partial charge in [-0.1, -0.05) is 13.8 Å². The van der Waals surface area contributed by atoms with E-state index in [1.165, 1.54) is 5.56 Å².